The highest BCUT2D eigenvalue weighted by atomic mass is 32.1. The van der Waals surface area contributed by atoms with Crippen molar-refractivity contribution in [3.63, 3.8) is 0 Å². The second kappa shape index (κ2) is 9.08. The lowest BCUT2D eigenvalue weighted by Gasteiger charge is -2.33. The van der Waals surface area contributed by atoms with Gasteiger partial charge in [0.05, 0.1) is 10.4 Å². The molecule has 168 valence electrons. The van der Waals surface area contributed by atoms with E-state index in [4.69, 9.17) is 0 Å². The summed E-state index contributed by atoms with van der Waals surface area (Å²) in [7, 11) is 3.96. The number of pyridine rings is 1. The summed E-state index contributed by atoms with van der Waals surface area (Å²) in [4.78, 5) is 27.2. The maximum absolute atomic E-state index is 12.9. The monoisotopic (exact) mass is 460 g/mol. The van der Waals surface area contributed by atoms with Crippen LogP contribution in [-0.2, 0) is 0 Å². The lowest BCUT2D eigenvalue weighted by atomic mass is 10.1. The van der Waals surface area contributed by atoms with Gasteiger partial charge in [-0.25, -0.2) is 9.97 Å². The molecular formula is C23H24N8OS. The zero-order valence-electron chi connectivity index (χ0n) is 18.4. The second-order valence-corrected chi connectivity index (χ2v) is 8.96. The normalized spacial score (nSPS) is 14.4. The van der Waals surface area contributed by atoms with Crippen molar-refractivity contribution >= 4 is 44.9 Å². The number of carbonyl (C=O) groups is 1. The van der Waals surface area contributed by atoms with E-state index < -0.39 is 0 Å². The molecule has 0 saturated carbocycles. The van der Waals surface area contributed by atoms with Crippen LogP contribution in [0.4, 0.5) is 16.8 Å². The summed E-state index contributed by atoms with van der Waals surface area (Å²) < 4.78 is 0. The Balaban J connectivity index is 1.35. The van der Waals surface area contributed by atoms with Crippen molar-refractivity contribution in [2.45, 2.75) is 0 Å². The minimum atomic E-state index is -0.237. The van der Waals surface area contributed by atoms with Crippen LogP contribution in [0.25, 0.3) is 21.3 Å². The summed E-state index contributed by atoms with van der Waals surface area (Å²) in [5, 5.41) is 16.1. The SMILES string of the molecule is CNc1ncc(-c2ccc3nnc(NC(=O)c4ccnc(N5CCN(C)CC5)c4)cc3c2)s1. The molecule has 9 nitrogen and oxygen atoms in total. The second-order valence-electron chi connectivity index (χ2n) is 7.93. The number of anilines is 3. The predicted molar refractivity (Wildman–Crippen MR) is 132 cm³/mol. The highest BCUT2D eigenvalue weighted by molar-refractivity contribution is 7.18. The van der Waals surface area contributed by atoms with E-state index in [1.54, 1.807) is 23.6 Å². The van der Waals surface area contributed by atoms with Gasteiger partial charge in [0.1, 0.15) is 5.82 Å². The molecule has 33 heavy (non-hydrogen) atoms. The predicted octanol–water partition coefficient (Wildman–Crippen LogP) is 3.19. The van der Waals surface area contributed by atoms with Gasteiger partial charge in [-0.3, -0.25) is 4.79 Å². The molecule has 1 amide bonds. The van der Waals surface area contributed by atoms with Gasteiger partial charge in [0.2, 0.25) is 0 Å². The van der Waals surface area contributed by atoms with E-state index >= 15 is 0 Å². The zero-order chi connectivity index (χ0) is 22.8. The molecule has 10 heteroatoms. The van der Waals surface area contributed by atoms with Gasteiger partial charge >= 0.3 is 0 Å². The first-order valence-corrected chi connectivity index (χ1v) is 11.5. The Morgan fingerprint density at radius 2 is 1.88 bits per heavy atom. The summed E-state index contributed by atoms with van der Waals surface area (Å²) in [6, 6.07) is 11.3. The van der Waals surface area contributed by atoms with Crippen molar-refractivity contribution in [2.75, 3.05) is 55.8 Å². The van der Waals surface area contributed by atoms with E-state index in [1.165, 1.54) is 0 Å². The summed E-state index contributed by atoms with van der Waals surface area (Å²) in [5.74, 6) is 0.983. The van der Waals surface area contributed by atoms with E-state index in [1.807, 2.05) is 43.6 Å². The van der Waals surface area contributed by atoms with Crippen LogP contribution in [0.3, 0.4) is 0 Å². The molecule has 0 spiro atoms. The van der Waals surface area contributed by atoms with E-state index in [9.17, 15) is 4.79 Å². The molecule has 2 N–H and O–H groups in total. The summed E-state index contributed by atoms with van der Waals surface area (Å²) >= 11 is 1.58. The maximum atomic E-state index is 12.9. The van der Waals surface area contributed by atoms with E-state index in [0.717, 1.165) is 58.5 Å². The van der Waals surface area contributed by atoms with Gasteiger partial charge in [-0.05, 0) is 42.9 Å². The van der Waals surface area contributed by atoms with Crippen LogP contribution < -0.4 is 15.5 Å². The molecule has 0 aliphatic carbocycles. The van der Waals surface area contributed by atoms with E-state index in [-0.39, 0.29) is 5.91 Å². The summed E-state index contributed by atoms with van der Waals surface area (Å²) in [6.45, 7) is 3.74. The number of piperazine rings is 1. The zero-order valence-corrected chi connectivity index (χ0v) is 19.3. The first-order chi connectivity index (χ1) is 16.1. The Labute approximate surface area is 195 Å². The standard InChI is InChI=1S/C23H24N8OS/c1-24-23-26-14-19(33-23)15-3-4-18-17(11-15)12-20(29-28-18)27-22(32)16-5-6-25-21(13-16)31-9-7-30(2)8-10-31/h3-6,11-14H,7-10H2,1-2H3,(H,24,26)(H,27,29,32). The summed E-state index contributed by atoms with van der Waals surface area (Å²) in [5.41, 5.74) is 2.34. The van der Waals surface area contributed by atoms with Gasteiger partial charge in [-0.1, -0.05) is 17.4 Å². The third-order valence-electron chi connectivity index (χ3n) is 5.67. The number of fused-ring (bicyclic) bond motifs is 1. The van der Waals surface area contributed by atoms with E-state index in [0.29, 0.717) is 11.4 Å². The molecule has 1 saturated heterocycles. The van der Waals surface area contributed by atoms with Gasteiger partial charge in [-0.2, -0.15) is 0 Å². The van der Waals surface area contributed by atoms with Crippen LogP contribution in [0.1, 0.15) is 10.4 Å². The smallest absolute Gasteiger partial charge is 0.257 e. The fourth-order valence-electron chi connectivity index (χ4n) is 3.74. The number of likely N-dealkylation sites (N-methyl/N-ethyl adjacent to an activating group) is 1. The number of rotatable bonds is 5. The van der Waals surface area contributed by atoms with Crippen molar-refractivity contribution in [2.24, 2.45) is 0 Å². The Kier molecular flexibility index (Phi) is 5.84. The molecular weight excluding hydrogens is 436 g/mol. The van der Waals surface area contributed by atoms with Crippen LogP contribution in [-0.4, -0.2) is 71.2 Å². The average molecular weight is 461 g/mol. The lowest BCUT2D eigenvalue weighted by Crippen LogP contribution is -2.44. The van der Waals surface area contributed by atoms with Crippen LogP contribution in [0.15, 0.2) is 48.8 Å². The molecule has 4 aromatic rings. The number of amides is 1. The minimum Gasteiger partial charge on any atom is -0.365 e. The van der Waals surface area contributed by atoms with Gasteiger partial charge in [0, 0.05) is 56.6 Å². The summed E-state index contributed by atoms with van der Waals surface area (Å²) in [6.07, 6.45) is 3.52. The number of hydrogen-bond acceptors (Lipinski definition) is 9. The highest BCUT2D eigenvalue weighted by Gasteiger charge is 2.17. The molecule has 0 bridgehead atoms. The Hall–Kier alpha value is -3.63. The number of nitrogens with one attached hydrogen (secondary N) is 2. The topological polar surface area (TPSA) is 99.2 Å². The van der Waals surface area contributed by atoms with Gasteiger partial charge in [-0.15, -0.1) is 10.2 Å². The van der Waals surface area contributed by atoms with Crippen molar-refractivity contribution in [1.82, 2.24) is 25.1 Å². The van der Waals surface area contributed by atoms with E-state index in [2.05, 4.69) is 47.6 Å². The quantitative estimate of drug-likeness (QED) is 0.469. The first-order valence-electron chi connectivity index (χ1n) is 10.7. The molecule has 1 aliphatic rings. The number of carbonyl (C=O) groups excluding carboxylic acids is 1. The van der Waals surface area contributed by atoms with Crippen LogP contribution >= 0.6 is 11.3 Å². The maximum Gasteiger partial charge on any atom is 0.257 e. The van der Waals surface area contributed by atoms with Gasteiger partial charge in [0.15, 0.2) is 10.9 Å². The van der Waals surface area contributed by atoms with Crippen LogP contribution in [0.5, 0.6) is 0 Å². The van der Waals surface area contributed by atoms with Crippen molar-refractivity contribution < 1.29 is 4.79 Å². The molecule has 0 unspecified atom stereocenters. The molecule has 5 rings (SSSR count). The number of benzene rings is 1. The van der Waals surface area contributed by atoms with Crippen LogP contribution in [0, 0.1) is 0 Å². The van der Waals surface area contributed by atoms with Gasteiger partial charge < -0.3 is 20.4 Å². The molecule has 1 aliphatic heterocycles. The molecule has 4 heterocycles. The highest BCUT2D eigenvalue weighted by Crippen LogP contribution is 2.31. The Morgan fingerprint density at radius 3 is 2.67 bits per heavy atom. The number of hydrogen-bond donors (Lipinski definition) is 2. The third-order valence-corrected chi connectivity index (χ3v) is 6.73. The Morgan fingerprint density at radius 1 is 1.03 bits per heavy atom. The van der Waals surface area contributed by atoms with Crippen LogP contribution in [0.2, 0.25) is 0 Å². The minimum absolute atomic E-state index is 0.237. The first kappa shape index (κ1) is 21.2. The van der Waals surface area contributed by atoms with Crippen molar-refractivity contribution in [3.05, 3.63) is 54.4 Å². The number of nitrogens with zero attached hydrogens (tertiary/aromatic N) is 6. The van der Waals surface area contributed by atoms with Crippen molar-refractivity contribution in [1.29, 1.82) is 0 Å². The Bertz CT molecular complexity index is 1300. The van der Waals surface area contributed by atoms with Crippen molar-refractivity contribution in [3.8, 4) is 10.4 Å². The molecule has 0 atom stereocenters. The average Bonchev–Trinajstić information content (AvgIpc) is 3.34. The largest absolute Gasteiger partial charge is 0.365 e. The number of aromatic nitrogens is 4. The molecule has 3 aromatic heterocycles. The number of thiazole rings is 1. The lowest BCUT2D eigenvalue weighted by molar-refractivity contribution is 0.102. The third kappa shape index (κ3) is 4.62. The molecule has 0 radical (unpaired) electrons. The van der Waals surface area contributed by atoms with Gasteiger partial charge in [0.25, 0.3) is 5.91 Å². The fourth-order valence-corrected chi connectivity index (χ4v) is 4.51. The molecule has 1 fully saturated rings. The molecule has 1 aromatic carbocycles. The fraction of sp³-hybridized carbons (Fsp3) is 0.261.